The number of fused-ring (bicyclic) bond motifs is 3. The minimum absolute atomic E-state index is 0.00342. The highest BCUT2D eigenvalue weighted by molar-refractivity contribution is 6.39. The largest absolute Gasteiger partial charge is 0.460 e. The van der Waals surface area contributed by atoms with E-state index in [0.717, 1.165) is 12.0 Å². The van der Waals surface area contributed by atoms with E-state index in [2.05, 4.69) is 4.98 Å². The molecule has 17 nitrogen and oxygen atoms in total. The van der Waals surface area contributed by atoms with E-state index < -0.39 is 83.7 Å². The first kappa shape index (κ1) is 62.1. The Balaban J connectivity index is 1.40. The first-order valence-electron chi connectivity index (χ1n) is 27.4. The molecule has 1 aromatic heterocycles. The Morgan fingerprint density at radius 3 is 2.34 bits per heavy atom. The number of pyridine rings is 1. The van der Waals surface area contributed by atoms with Crippen molar-refractivity contribution in [1.82, 2.24) is 9.88 Å². The Hall–Kier alpha value is -4.75. The van der Waals surface area contributed by atoms with E-state index in [9.17, 15) is 39.0 Å². The number of piperidine rings is 1. The van der Waals surface area contributed by atoms with Crippen molar-refractivity contribution < 1.29 is 72.1 Å². The van der Waals surface area contributed by atoms with Gasteiger partial charge in [0.1, 0.15) is 36.7 Å². The Bertz CT molecular complexity index is 2230. The lowest BCUT2D eigenvalue weighted by Crippen LogP contribution is -2.61. The van der Waals surface area contributed by atoms with Gasteiger partial charge < -0.3 is 48.3 Å². The number of ketones is 3. The topological polar surface area (TPSA) is 224 Å². The highest BCUT2D eigenvalue weighted by atomic mass is 16.6. The summed E-state index contributed by atoms with van der Waals surface area (Å²) in [7, 11) is 4.57. The molecule has 2 N–H and O–H groups in total. The molecular weight excluding hydrogens is 977 g/mol. The van der Waals surface area contributed by atoms with E-state index in [1.807, 2.05) is 58.1 Å². The first-order chi connectivity index (χ1) is 36.2. The van der Waals surface area contributed by atoms with E-state index in [1.54, 1.807) is 59.4 Å². The van der Waals surface area contributed by atoms with Crippen LogP contribution < -0.4 is 0 Å². The minimum Gasteiger partial charge on any atom is -0.460 e. The standard InChI is InChI=1S/C59H86N2O15/c1-36-17-12-11-13-18-37(2)49(70-8)33-45-23-21-42(7)59(69,76-45)55(65)56(66)61-26-15-14-20-46(61)58(68)75-50(34-47(62)38(3)30-41(6)53(64)54(72-10)52(63)40(5)29-36)39(4)31-43-22-24-48(51(32-43)71-9)73-27-28-74-57(67)44-19-16-25-60-35-44/h11-13,16-19,25,30,35-36,38-40,42-43,45-46,48-51,53-54,64,69H,14-15,20-24,26-29,31-34H2,1-10H3/b13-11+,17-12+,37-18+,41-30+/t36-,38-,39-,40-,42-,43+,45+,46+,48-,49+,50+,51-,53-,54+,59-/m1/s1. The fourth-order valence-corrected chi connectivity index (χ4v) is 11.2. The van der Waals surface area contributed by atoms with Gasteiger partial charge in [-0.2, -0.15) is 0 Å². The van der Waals surface area contributed by atoms with Gasteiger partial charge in [0, 0.05) is 70.9 Å². The highest BCUT2D eigenvalue weighted by Crippen LogP contribution is 2.38. The van der Waals surface area contributed by atoms with Gasteiger partial charge in [0.2, 0.25) is 5.79 Å². The van der Waals surface area contributed by atoms with Crippen molar-refractivity contribution in [2.75, 3.05) is 41.1 Å². The summed E-state index contributed by atoms with van der Waals surface area (Å²) in [6.45, 7) is 12.9. The average molecular weight is 1060 g/mol. The average Bonchev–Trinajstić information content (AvgIpc) is 3.43. The third-order valence-electron chi connectivity index (χ3n) is 16.0. The van der Waals surface area contributed by atoms with Gasteiger partial charge in [0.05, 0.1) is 36.6 Å². The minimum atomic E-state index is -2.45. The van der Waals surface area contributed by atoms with E-state index in [4.69, 9.17) is 33.2 Å². The van der Waals surface area contributed by atoms with Gasteiger partial charge in [-0.1, -0.05) is 71.1 Å². The zero-order valence-electron chi connectivity index (χ0n) is 46.6. The lowest BCUT2D eigenvalue weighted by molar-refractivity contribution is -0.265. The molecule has 3 aliphatic heterocycles. The number of hydrogen-bond donors (Lipinski definition) is 2. The third-order valence-corrected chi connectivity index (χ3v) is 16.0. The quantitative estimate of drug-likeness (QED) is 0.0950. The SMILES string of the molecule is CO[C@H]1C[C@@H]2CC[C@@H](C)[C@@](O)(O2)C(=O)C(=O)N2CCCC[C@H]2C(=O)O[C@H]([C@H](C)C[C@@H]2CC[C@@H](OCCOC(=O)c3cccnc3)[C@H](OC)C2)CC(=O)[C@H](C)/C=C(\C)[C@@H](O)[C@@H](OC)C(=O)[C@H](C)C[C@H](C)/C=C/C=C/C=C/1C. The van der Waals surface area contributed by atoms with Crippen LogP contribution in [0.1, 0.15) is 136 Å². The van der Waals surface area contributed by atoms with Gasteiger partial charge in [0.25, 0.3) is 11.7 Å². The molecule has 4 heterocycles. The summed E-state index contributed by atoms with van der Waals surface area (Å²) in [5.74, 6) is -8.71. The summed E-state index contributed by atoms with van der Waals surface area (Å²) in [5, 5.41) is 23.6. The number of methoxy groups -OCH3 is 3. The Kier molecular flexibility index (Phi) is 24.4. The molecule has 5 rings (SSSR count). The van der Waals surface area contributed by atoms with Crippen molar-refractivity contribution in [3.05, 3.63) is 77.7 Å². The monoisotopic (exact) mass is 1060 g/mol. The number of carbonyl (C=O) groups is 6. The number of nitrogens with zero attached hydrogens (tertiary/aromatic N) is 2. The van der Waals surface area contributed by atoms with Gasteiger partial charge in [-0.25, -0.2) is 9.59 Å². The predicted molar refractivity (Wildman–Crippen MR) is 283 cm³/mol. The molecule has 0 unspecified atom stereocenters. The number of aliphatic hydroxyl groups is 2. The summed E-state index contributed by atoms with van der Waals surface area (Å²) in [4.78, 5) is 89.0. The Morgan fingerprint density at radius 2 is 1.64 bits per heavy atom. The van der Waals surface area contributed by atoms with Crippen LogP contribution in [0.25, 0.3) is 0 Å². The van der Waals surface area contributed by atoms with Crippen molar-refractivity contribution in [3.63, 3.8) is 0 Å². The van der Waals surface area contributed by atoms with Gasteiger partial charge in [-0.05, 0) is 119 Å². The molecule has 422 valence electrons. The molecule has 0 radical (unpaired) electrons. The van der Waals surface area contributed by atoms with Gasteiger partial charge in [0.15, 0.2) is 5.78 Å². The number of aliphatic hydroxyl groups excluding tert-OH is 1. The van der Waals surface area contributed by atoms with Crippen LogP contribution in [0.3, 0.4) is 0 Å². The number of hydrogen-bond acceptors (Lipinski definition) is 16. The van der Waals surface area contributed by atoms with Gasteiger partial charge in [-0.15, -0.1) is 0 Å². The number of esters is 2. The zero-order valence-corrected chi connectivity index (χ0v) is 46.6. The summed E-state index contributed by atoms with van der Waals surface area (Å²) in [6.07, 6.45) is 14.4. The molecule has 3 fully saturated rings. The summed E-state index contributed by atoms with van der Waals surface area (Å²) < 4.78 is 41.4. The second-order valence-corrected chi connectivity index (χ2v) is 21.8. The number of rotatable bonds is 11. The smallest absolute Gasteiger partial charge is 0.339 e. The van der Waals surface area contributed by atoms with Crippen LogP contribution in [0.4, 0.5) is 0 Å². The molecular formula is C59H86N2O15. The summed E-state index contributed by atoms with van der Waals surface area (Å²) in [5.41, 5.74) is 1.59. The number of cyclic esters (lactones) is 1. The van der Waals surface area contributed by atoms with E-state index in [-0.39, 0.29) is 74.1 Å². The van der Waals surface area contributed by atoms with E-state index >= 15 is 0 Å². The first-order valence-corrected chi connectivity index (χ1v) is 27.4. The molecule has 17 heteroatoms. The maximum atomic E-state index is 14.6. The van der Waals surface area contributed by atoms with Crippen molar-refractivity contribution in [1.29, 1.82) is 0 Å². The summed E-state index contributed by atoms with van der Waals surface area (Å²) in [6, 6.07) is 2.11. The molecule has 1 aromatic rings. The molecule has 15 atom stereocenters. The van der Waals surface area contributed by atoms with Crippen molar-refractivity contribution >= 4 is 35.2 Å². The highest BCUT2D eigenvalue weighted by Gasteiger charge is 2.53. The van der Waals surface area contributed by atoms with E-state index in [1.165, 1.54) is 18.2 Å². The van der Waals surface area contributed by atoms with Crippen LogP contribution in [0, 0.1) is 35.5 Å². The Morgan fingerprint density at radius 1 is 0.882 bits per heavy atom. The van der Waals surface area contributed by atoms with Gasteiger partial charge in [-0.3, -0.25) is 24.2 Å². The number of ether oxygens (including phenoxy) is 7. The molecule has 0 spiro atoms. The lowest BCUT2D eigenvalue weighted by atomic mass is 9.78. The van der Waals surface area contributed by atoms with Crippen LogP contribution >= 0.6 is 0 Å². The molecule has 2 saturated heterocycles. The fourth-order valence-electron chi connectivity index (χ4n) is 11.2. The lowest BCUT2D eigenvalue weighted by Gasteiger charge is -2.42. The maximum absolute atomic E-state index is 14.6. The Labute approximate surface area is 450 Å². The summed E-state index contributed by atoms with van der Waals surface area (Å²) >= 11 is 0. The van der Waals surface area contributed by atoms with Crippen LogP contribution in [0.2, 0.25) is 0 Å². The number of carbonyl (C=O) groups excluding carboxylic acids is 6. The predicted octanol–water partition coefficient (Wildman–Crippen LogP) is 7.46. The normalized spacial score (nSPS) is 36.1. The van der Waals surface area contributed by atoms with Crippen molar-refractivity contribution in [3.8, 4) is 0 Å². The molecule has 1 aliphatic carbocycles. The fraction of sp³-hybridized carbons (Fsp3) is 0.678. The van der Waals surface area contributed by atoms with Crippen LogP contribution in [0.5, 0.6) is 0 Å². The van der Waals surface area contributed by atoms with Crippen LogP contribution in [-0.4, -0.2) is 151 Å². The molecule has 1 amide bonds. The maximum Gasteiger partial charge on any atom is 0.339 e. The van der Waals surface area contributed by atoms with Crippen LogP contribution in [-0.2, 0) is 57.1 Å². The van der Waals surface area contributed by atoms with Crippen molar-refractivity contribution in [2.24, 2.45) is 35.5 Å². The zero-order chi connectivity index (χ0) is 55.7. The second-order valence-electron chi connectivity index (χ2n) is 21.8. The number of amides is 1. The number of Topliss-reactive ketones (excluding diaryl/α,β-unsaturated/α-hetero) is 3. The van der Waals surface area contributed by atoms with Gasteiger partial charge >= 0.3 is 11.9 Å². The van der Waals surface area contributed by atoms with E-state index in [0.29, 0.717) is 68.9 Å². The number of aromatic nitrogens is 1. The third kappa shape index (κ3) is 16.9. The number of allylic oxidation sites excluding steroid dienone is 6. The molecule has 0 aromatic carbocycles. The molecule has 76 heavy (non-hydrogen) atoms. The second kappa shape index (κ2) is 29.8. The molecule has 4 aliphatic rings. The van der Waals surface area contributed by atoms with Crippen LogP contribution in [0.15, 0.2) is 72.1 Å². The molecule has 2 bridgehead atoms. The van der Waals surface area contributed by atoms with Crippen molar-refractivity contribution in [2.45, 2.75) is 180 Å². The molecule has 1 saturated carbocycles.